The Morgan fingerprint density at radius 1 is 1.32 bits per heavy atom. The molecule has 100 valence electrons. The van der Waals surface area contributed by atoms with Crippen LogP contribution in [0.2, 0.25) is 0 Å². The van der Waals surface area contributed by atoms with E-state index in [0.29, 0.717) is 5.56 Å². The van der Waals surface area contributed by atoms with Crippen LogP contribution in [0.4, 0.5) is 11.5 Å². The number of nitrogens with one attached hydrogen (secondary N) is 2. The van der Waals surface area contributed by atoms with Gasteiger partial charge in [0, 0.05) is 20.3 Å². The maximum absolute atomic E-state index is 12.1. The van der Waals surface area contributed by atoms with Crippen molar-refractivity contribution in [2.75, 3.05) is 24.3 Å². The second-order valence-electron chi connectivity index (χ2n) is 4.56. The summed E-state index contributed by atoms with van der Waals surface area (Å²) >= 11 is 0. The second kappa shape index (κ2) is 5.09. The molecular weight excluding hydrogens is 242 g/mol. The van der Waals surface area contributed by atoms with Gasteiger partial charge in [0.1, 0.15) is 5.82 Å². The lowest BCUT2D eigenvalue weighted by molar-refractivity contribution is 0.102. The average Bonchev–Trinajstić information content (AvgIpc) is 2.70. The molecule has 0 aliphatic rings. The number of pyridine rings is 1. The molecule has 0 fully saturated rings. The minimum Gasteiger partial charge on any atom is -0.363 e. The predicted molar refractivity (Wildman–Crippen MR) is 74.6 cm³/mol. The third kappa shape index (κ3) is 2.73. The van der Waals surface area contributed by atoms with E-state index in [9.17, 15) is 4.79 Å². The van der Waals surface area contributed by atoms with Gasteiger partial charge < -0.3 is 10.2 Å². The van der Waals surface area contributed by atoms with E-state index in [1.165, 1.54) is 0 Å². The van der Waals surface area contributed by atoms with E-state index in [2.05, 4.69) is 20.5 Å². The highest BCUT2D eigenvalue weighted by Gasteiger charge is 2.12. The van der Waals surface area contributed by atoms with Gasteiger partial charge in [0.25, 0.3) is 5.91 Å². The minimum atomic E-state index is -0.189. The fourth-order valence-corrected chi connectivity index (χ4v) is 1.71. The van der Waals surface area contributed by atoms with Gasteiger partial charge >= 0.3 is 0 Å². The van der Waals surface area contributed by atoms with Crippen molar-refractivity contribution >= 4 is 17.4 Å². The van der Waals surface area contributed by atoms with Crippen molar-refractivity contribution < 1.29 is 4.79 Å². The lowest BCUT2D eigenvalue weighted by Crippen LogP contribution is -2.15. The van der Waals surface area contributed by atoms with Gasteiger partial charge in [0.15, 0.2) is 0 Å². The standard InChI is InChI=1S/C13H17N5O/c1-8-12(9(2)17-16-8)15-13(19)10-5-6-11(14-7-10)18(3)4/h5-7H,1-4H3,(H,15,19)(H,16,17). The fourth-order valence-electron chi connectivity index (χ4n) is 1.71. The van der Waals surface area contributed by atoms with Gasteiger partial charge in [-0.05, 0) is 26.0 Å². The summed E-state index contributed by atoms with van der Waals surface area (Å²) in [5.41, 5.74) is 2.85. The summed E-state index contributed by atoms with van der Waals surface area (Å²) in [5, 5.41) is 9.71. The van der Waals surface area contributed by atoms with E-state index in [0.717, 1.165) is 22.9 Å². The number of nitrogens with zero attached hydrogens (tertiary/aromatic N) is 3. The van der Waals surface area contributed by atoms with Gasteiger partial charge in [0.05, 0.1) is 22.6 Å². The number of carbonyl (C=O) groups is 1. The third-order valence-corrected chi connectivity index (χ3v) is 2.83. The third-order valence-electron chi connectivity index (χ3n) is 2.83. The number of hydrogen-bond donors (Lipinski definition) is 2. The van der Waals surface area contributed by atoms with Crippen molar-refractivity contribution in [1.82, 2.24) is 15.2 Å². The molecule has 0 atom stereocenters. The van der Waals surface area contributed by atoms with Gasteiger partial charge in [-0.25, -0.2) is 4.98 Å². The monoisotopic (exact) mass is 259 g/mol. The molecule has 0 aliphatic heterocycles. The summed E-state index contributed by atoms with van der Waals surface area (Å²) in [4.78, 5) is 18.2. The lowest BCUT2D eigenvalue weighted by atomic mass is 10.2. The largest absolute Gasteiger partial charge is 0.363 e. The molecule has 6 heteroatoms. The number of amides is 1. The number of aryl methyl sites for hydroxylation is 2. The Bertz CT molecular complexity index is 566. The van der Waals surface area contributed by atoms with Crippen LogP contribution in [-0.4, -0.2) is 35.2 Å². The molecule has 0 radical (unpaired) electrons. The van der Waals surface area contributed by atoms with Crippen LogP contribution < -0.4 is 10.2 Å². The Balaban J connectivity index is 2.16. The first-order valence-electron chi connectivity index (χ1n) is 5.95. The molecule has 0 aromatic carbocycles. The Labute approximate surface area is 111 Å². The van der Waals surface area contributed by atoms with Crippen LogP contribution in [0, 0.1) is 13.8 Å². The van der Waals surface area contributed by atoms with E-state index in [-0.39, 0.29) is 5.91 Å². The maximum Gasteiger partial charge on any atom is 0.257 e. The molecule has 6 nitrogen and oxygen atoms in total. The molecule has 0 saturated carbocycles. The van der Waals surface area contributed by atoms with E-state index in [4.69, 9.17) is 0 Å². The summed E-state index contributed by atoms with van der Waals surface area (Å²) < 4.78 is 0. The number of H-pyrrole nitrogens is 1. The highest BCUT2D eigenvalue weighted by atomic mass is 16.1. The molecule has 2 N–H and O–H groups in total. The second-order valence-corrected chi connectivity index (χ2v) is 4.56. The first-order chi connectivity index (χ1) is 8.99. The van der Waals surface area contributed by atoms with E-state index >= 15 is 0 Å². The van der Waals surface area contributed by atoms with Gasteiger partial charge in [-0.3, -0.25) is 9.89 Å². The van der Waals surface area contributed by atoms with Gasteiger partial charge in [-0.1, -0.05) is 0 Å². The molecule has 2 aromatic heterocycles. The molecule has 0 spiro atoms. The van der Waals surface area contributed by atoms with Crippen molar-refractivity contribution in [3.8, 4) is 0 Å². The molecule has 0 bridgehead atoms. The molecule has 2 heterocycles. The van der Waals surface area contributed by atoms with Crippen LogP contribution in [0.3, 0.4) is 0 Å². The quantitative estimate of drug-likeness (QED) is 0.880. The van der Waals surface area contributed by atoms with Gasteiger partial charge in [0.2, 0.25) is 0 Å². The summed E-state index contributed by atoms with van der Waals surface area (Å²) in [6.07, 6.45) is 1.56. The molecule has 19 heavy (non-hydrogen) atoms. The van der Waals surface area contributed by atoms with Crippen LogP contribution in [0.25, 0.3) is 0 Å². The molecule has 1 amide bonds. The Kier molecular flexibility index (Phi) is 3.50. The molecule has 0 unspecified atom stereocenters. The maximum atomic E-state index is 12.1. The van der Waals surface area contributed by atoms with E-state index in [1.54, 1.807) is 12.3 Å². The van der Waals surface area contributed by atoms with Crippen molar-refractivity contribution in [1.29, 1.82) is 0 Å². The number of rotatable bonds is 3. The fraction of sp³-hybridized carbons (Fsp3) is 0.308. The first-order valence-corrected chi connectivity index (χ1v) is 5.95. The van der Waals surface area contributed by atoms with Crippen LogP contribution in [-0.2, 0) is 0 Å². The number of anilines is 2. The van der Waals surface area contributed by atoms with Crippen LogP contribution in [0.1, 0.15) is 21.7 Å². The SMILES string of the molecule is Cc1n[nH]c(C)c1NC(=O)c1ccc(N(C)C)nc1. The zero-order valence-electron chi connectivity index (χ0n) is 11.5. The molecule has 0 saturated heterocycles. The average molecular weight is 259 g/mol. The molecule has 2 aromatic rings. The predicted octanol–water partition coefficient (Wildman–Crippen LogP) is 1.74. The molecule has 0 aliphatic carbocycles. The molecule has 2 rings (SSSR count). The number of aromatic nitrogens is 3. The Hall–Kier alpha value is -2.37. The van der Waals surface area contributed by atoms with E-state index in [1.807, 2.05) is 38.9 Å². The highest BCUT2D eigenvalue weighted by molar-refractivity contribution is 6.04. The van der Waals surface area contributed by atoms with Crippen LogP contribution in [0.15, 0.2) is 18.3 Å². The summed E-state index contributed by atoms with van der Waals surface area (Å²) in [6.45, 7) is 3.70. The summed E-state index contributed by atoms with van der Waals surface area (Å²) in [6, 6.07) is 3.56. The van der Waals surface area contributed by atoms with E-state index < -0.39 is 0 Å². The number of hydrogen-bond acceptors (Lipinski definition) is 4. The van der Waals surface area contributed by atoms with Gasteiger partial charge in [-0.15, -0.1) is 0 Å². The van der Waals surface area contributed by atoms with Crippen molar-refractivity contribution in [2.24, 2.45) is 0 Å². The summed E-state index contributed by atoms with van der Waals surface area (Å²) in [7, 11) is 3.81. The normalized spacial score (nSPS) is 10.3. The topological polar surface area (TPSA) is 73.9 Å². The highest BCUT2D eigenvalue weighted by Crippen LogP contribution is 2.17. The zero-order valence-corrected chi connectivity index (χ0v) is 11.5. The van der Waals surface area contributed by atoms with Gasteiger partial charge in [-0.2, -0.15) is 5.10 Å². The number of carbonyl (C=O) groups excluding carboxylic acids is 1. The lowest BCUT2D eigenvalue weighted by Gasteiger charge is -2.11. The Morgan fingerprint density at radius 3 is 2.53 bits per heavy atom. The molecular formula is C13H17N5O. The van der Waals surface area contributed by atoms with Crippen molar-refractivity contribution in [2.45, 2.75) is 13.8 Å². The smallest absolute Gasteiger partial charge is 0.257 e. The minimum absolute atomic E-state index is 0.189. The van der Waals surface area contributed by atoms with Crippen LogP contribution >= 0.6 is 0 Å². The van der Waals surface area contributed by atoms with Crippen LogP contribution in [0.5, 0.6) is 0 Å². The van der Waals surface area contributed by atoms with Crippen molar-refractivity contribution in [3.05, 3.63) is 35.3 Å². The Morgan fingerprint density at radius 2 is 2.05 bits per heavy atom. The summed E-state index contributed by atoms with van der Waals surface area (Å²) in [5.74, 6) is 0.623. The number of aromatic amines is 1. The van der Waals surface area contributed by atoms with Crippen molar-refractivity contribution in [3.63, 3.8) is 0 Å². The first kappa shape index (κ1) is 13.1. The zero-order chi connectivity index (χ0) is 14.0.